The summed E-state index contributed by atoms with van der Waals surface area (Å²) in [4.78, 5) is 24.9. The molecule has 19 heavy (non-hydrogen) atoms. The van der Waals surface area contributed by atoms with E-state index in [9.17, 15) is 9.59 Å². The molecular formula is C13H18N2O4. The summed E-state index contributed by atoms with van der Waals surface area (Å²) < 4.78 is 9.16. The van der Waals surface area contributed by atoms with Crippen LogP contribution in [0.3, 0.4) is 0 Å². The second kappa shape index (κ2) is 6.63. The number of nitrogens with zero attached hydrogens (tertiary/aromatic N) is 1. The van der Waals surface area contributed by atoms with E-state index in [-0.39, 0.29) is 0 Å². The fourth-order valence-corrected chi connectivity index (χ4v) is 1.54. The summed E-state index contributed by atoms with van der Waals surface area (Å²) in [5, 5.41) is 2.43. The van der Waals surface area contributed by atoms with Crippen molar-refractivity contribution in [1.82, 2.24) is 5.32 Å². The number of ether oxygens (including phenoxy) is 2. The van der Waals surface area contributed by atoms with Crippen molar-refractivity contribution >= 4 is 17.7 Å². The molecular weight excluding hydrogens is 248 g/mol. The van der Waals surface area contributed by atoms with Crippen LogP contribution in [-0.2, 0) is 14.3 Å². The number of rotatable bonds is 4. The van der Waals surface area contributed by atoms with Crippen LogP contribution in [-0.4, -0.2) is 40.4 Å². The van der Waals surface area contributed by atoms with Crippen molar-refractivity contribution in [3.8, 4) is 0 Å². The minimum Gasteiger partial charge on any atom is -0.467 e. The quantitative estimate of drug-likeness (QED) is 0.832. The zero-order valence-electron chi connectivity index (χ0n) is 11.5. The highest BCUT2D eigenvalue weighted by Crippen LogP contribution is 2.19. The Hall–Kier alpha value is -2.24. The molecule has 0 fully saturated rings. The lowest BCUT2D eigenvalue weighted by Crippen LogP contribution is -2.34. The smallest absolute Gasteiger partial charge is 0.407 e. The van der Waals surface area contributed by atoms with E-state index in [1.54, 1.807) is 12.1 Å². The Bertz CT molecular complexity index is 442. The average Bonchev–Trinajstić information content (AvgIpc) is 2.43. The highest BCUT2D eigenvalue weighted by Gasteiger charge is 2.23. The Morgan fingerprint density at radius 2 is 1.68 bits per heavy atom. The van der Waals surface area contributed by atoms with Gasteiger partial charge in [-0.2, -0.15) is 0 Å². The fourth-order valence-electron chi connectivity index (χ4n) is 1.54. The second-order valence-electron chi connectivity index (χ2n) is 4.08. The van der Waals surface area contributed by atoms with Gasteiger partial charge in [0.25, 0.3) is 0 Å². The summed E-state index contributed by atoms with van der Waals surface area (Å²) in [5.74, 6) is -0.553. The molecule has 0 radical (unpaired) electrons. The summed E-state index contributed by atoms with van der Waals surface area (Å²) >= 11 is 0. The van der Waals surface area contributed by atoms with Crippen molar-refractivity contribution in [1.29, 1.82) is 0 Å². The van der Waals surface area contributed by atoms with Crippen molar-refractivity contribution in [2.75, 3.05) is 33.2 Å². The van der Waals surface area contributed by atoms with E-state index in [2.05, 4.69) is 14.8 Å². The lowest BCUT2D eigenvalue weighted by molar-refractivity contribution is -0.143. The molecule has 0 aromatic heterocycles. The van der Waals surface area contributed by atoms with Gasteiger partial charge >= 0.3 is 12.1 Å². The van der Waals surface area contributed by atoms with E-state index < -0.39 is 18.1 Å². The number of amides is 1. The zero-order valence-corrected chi connectivity index (χ0v) is 11.5. The number of benzene rings is 1. The predicted molar refractivity (Wildman–Crippen MR) is 71.1 cm³/mol. The Morgan fingerprint density at radius 3 is 2.11 bits per heavy atom. The van der Waals surface area contributed by atoms with Crippen molar-refractivity contribution in [3.63, 3.8) is 0 Å². The first-order chi connectivity index (χ1) is 8.99. The molecule has 6 nitrogen and oxygen atoms in total. The molecule has 1 amide bonds. The van der Waals surface area contributed by atoms with Crippen LogP contribution in [0.1, 0.15) is 11.6 Å². The molecule has 0 aliphatic rings. The molecule has 0 saturated heterocycles. The largest absolute Gasteiger partial charge is 0.467 e. The first-order valence-electron chi connectivity index (χ1n) is 5.69. The third kappa shape index (κ3) is 3.87. The van der Waals surface area contributed by atoms with Gasteiger partial charge in [-0.3, -0.25) is 0 Å². The van der Waals surface area contributed by atoms with Crippen LogP contribution in [0.15, 0.2) is 24.3 Å². The molecule has 1 rings (SSSR count). The van der Waals surface area contributed by atoms with Crippen LogP contribution >= 0.6 is 0 Å². The normalized spacial score (nSPS) is 11.4. The number of carbonyl (C=O) groups is 2. The highest BCUT2D eigenvalue weighted by molar-refractivity contribution is 5.82. The van der Waals surface area contributed by atoms with E-state index in [0.717, 1.165) is 5.69 Å². The van der Waals surface area contributed by atoms with Gasteiger partial charge in [0.15, 0.2) is 6.04 Å². The molecule has 1 atom stereocenters. The Labute approximate surface area is 112 Å². The van der Waals surface area contributed by atoms with E-state index >= 15 is 0 Å². The summed E-state index contributed by atoms with van der Waals surface area (Å²) in [6.07, 6.45) is -0.688. The van der Waals surface area contributed by atoms with Crippen LogP contribution in [0, 0.1) is 0 Å². The van der Waals surface area contributed by atoms with Crippen molar-refractivity contribution in [2.45, 2.75) is 6.04 Å². The number of hydrogen-bond acceptors (Lipinski definition) is 5. The average molecular weight is 266 g/mol. The molecule has 1 aromatic carbocycles. The molecule has 0 aliphatic carbocycles. The molecule has 6 heteroatoms. The Morgan fingerprint density at radius 1 is 1.11 bits per heavy atom. The number of anilines is 1. The molecule has 0 bridgehead atoms. The van der Waals surface area contributed by atoms with Gasteiger partial charge in [0.05, 0.1) is 14.2 Å². The van der Waals surface area contributed by atoms with Gasteiger partial charge in [-0.25, -0.2) is 9.59 Å². The number of carbonyl (C=O) groups excluding carboxylic acids is 2. The van der Waals surface area contributed by atoms with E-state index in [0.29, 0.717) is 5.56 Å². The lowest BCUT2D eigenvalue weighted by atomic mass is 10.1. The van der Waals surface area contributed by atoms with Crippen LogP contribution in [0.5, 0.6) is 0 Å². The van der Waals surface area contributed by atoms with Gasteiger partial charge < -0.3 is 19.7 Å². The topological polar surface area (TPSA) is 67.9 Å². The van der Waals surface area contributed by atoms with Crippen molar-refractivity contribution in [2.24, 2.45) is 0 Å². The van der Waals surface area contributed by atoms with Crippen LogP contribution < -0.4 is 10.2 Å². The standard InChI is InChI=1S/C13H18N2O4/c1-15(2)10-7-5-9(6-8-10)11(12(16)18-3)14-13(17)19-4/h5-8,11H,1-4H3,(H,14,17). The highest BCUT2D eigenvalue weighted by atomic mass is 16.5. The van der Waals surface area contributed by atoms with Crippen molar-refractivity contribution in [3.05, 3.63) is 29.8 Å². The maximum atomic E-state index is 11.7. The Kier molecular flexibility index (Phi) is 5.17. The van der Waals surface area contributed by atoms with E-state index in [1.165, 1.54) is 14.2 Å². The fraction of sp³-hybridized carbons (Fsp3) is 0.385. The third-order valence-electron chi connectivity index (χ3n) is 2.63. The molecule has 104 valence electrons. The van der Waals surface area contributed by atoms with Crippen LogP contribution in [0.25, 0.3) is 0 Å². The predicted octanol–water partition coefficient (Wildman–Crippen LogP) is 1.32. The van der Waals surface area contributed by atoms with Gasteiger partial charge in [0.2, 0.25) is 0 Å². The molecule has 0 aliphatic heterocycles. The number of nitrogens with one attached hydrogen (secondary N) is 1. The third-order valence-corrected chi connectivity index (χ3v) is 2.63. The molecule has 1 N–H and O–H groups in total. The maximum Gasteiger partial charge on any atom is 0.407 e. The summed E-state index contributed by atoms with van der Waals surface area (Å²) in [6.45, 7) is 0. The van der Waals surface area contributed by atoms with E-state index in [4.69, 9.17) is 0 Å². The van der Waals surface area contributed by atoms with Crippen LogP contribution in [0.4, 0.5) is 10.5 Å². The number of methoxy groups -OCH3 is 2. The number of alkyl carbamates (subject to hydrolysis) is 1. The van der Waals surface area contributed by atoms with Gasteiger partial charge in [-0.15, -0.1) is 0 Å². The summed E-state index contributed by atoms with van der Waals surface area (Å²) in [6, 6.07) is 6.34. The Balaban J connectivity index is 2.97. The second-order valence-corrected chi connectivity index (χ2v) is 4.08. The SMILES string of the molecule is COC(=O)NC(C(=O)OC)c1ccc(N(C)C)cc1. The molecule has 0 saturated carbocycles. The van der Waals surface area contributed by atoms with Gasteiger partial charge in [0.1, 0.15) is 0 Å². The first kappa shape index (κ1) is 14.8. The zero-order chi connectivity index (χ0) is 14.4. The molecule has 1 aromatic rings. The minimum absolute atomic E-state index is 0.553. The van der Waals surface area contributed by atoms with Gasteiger partial charge in [-0.1, -0.05) is 12.1 Å². The summed E-state index contributed by atoms with van der Waals surface area (Å²) in [7, 11) is 6.33. The monoisotopic (exact) mass is 266 g/mol. The summed E-state index contributed by atoms with van der Waals surface area (Å²) in [5.41, 5.74) is 1.62. The van der Waals surface area contributed by atoms with Gasteiger partial charge in [-0.05, 0) is 17.7 Å². The van der Waals surface area contributed by atoms with Gasteiger partial charge in [0, 0.05) is 19.8 Å². The van der Waals surface area contributed by atoms with Crippen molar-refractivity contribution < 1.29 is 19.1 Å². The first-order valence-corrected chi connectivity index (χ1v) is 5.69. The molecule has 0 spiro atoms. The maximum absolute atomic E-state index is 11.7. The number of esters is 1. The number of hydrogen-bond donors (Lipinski definition) is 1. The molecule has 0 heterocycles. The van der Waals surface area contributed by atoms with E-state index in [1.807, 2.05) is 31.1 Å². The van der Waals surface area contributed by atoms with Crippen LogP contribution in [0.2, 0.25) is 0 Å². The lowest BCUT2D eigenvalue weighted by Gasteiger charge is -2.18. The minimum atomic E-state index is -0.881. The molecule has 1 unspecified atom stereocenters.